The van der Waals surface area contributed by atoms with E-state index in [1.165, 1.54) is 15.2 Å². The number of aliphatic hydroxyl groups excluding tert-OH is 1. The molecule has 102 valence electrons. The van der Waals surface area contributed by atoms with Crippen molar-refractivity contribution >= 4 is 21.6 Å². The first-order valence-corrected chi connectivity index (χ1v) is 7.57. The maximum absolute atomic E-state index is 12.4. The molecule has 1 saturated heterocycles. The first-order valence-electron chi connectivity index (χ1n) is 5.75. The Morgan fingerprint density at radius 2 is 2.33 bits per heavy atom. The summed E-state index contributed by atoms with van der Waals surface area (Å²) in [5.74, 6) is 0.219. The van der Waals surface area contributed by atoms with Gasteiger partial charge in [0.15, 0.2) is 5.03 Å². The van der Waals surface area contributed by atoms with E-state index in [0.717, 1.165) is 6.42 Å². The van der Waals surface area contributed by atoms with Gasteiger partial charge in [0.2, 0.25) is 0 Å². The molecule has 1 aromatic heterocycles. The van der Waals surface area contributed by atoms with Crippen LogP contribution in [-0.4, -0.2) is 47.3 Å². The van der Waals surface area contributed by atoms with Gasteiger partial charge in [-0.25, -0.2) is 8.42 Å². The van der Waals surface area contributed by atoms with E-state index in [-0.39, 0.29) is 22.6 Å². The van der Waals surface area contributed by atoms with Crippen LogP contribution in [0.4, 0.5) is 0 Å². The summed E-state index contributed by atoms with van der Waals surface area (Å²) in [4.78, 5) is 0. The Balaban J connectivity index is 2.23. The Labute approximate surface area is 111 Å². The summed E-state index contributed by atoms with van der Waals surface area (Å²) in [6, 6.07) is 0. The predicted molar refractivity (Wildman–Crippen MR) is 66.8 cm³/mol. The number of hydrogen-bond acceptors (Lipinski definition) is 4. The van der Waals surface area contributed by atoms with E-state index in [2.05, 4.69) is 5.10 Å². The zero-order chi connectivity index (χ0) is 13.3. The van der Waals surface area contributed by atoms with Crippen LogP contribution in [0.25, 0.3) is 0 Å². The van der Waals surface area contributed by atoms with Crippen LogP contribution in [0.1, 0.15) is 12.8 Å². The molecule has 1 aliphatic rings. The molecular weight excluding hydrogens is 278 g/mol. The highest BCUT2D eigenvalue weighted by Gasteiger charge is 2.35. The third-order valence-corrected chi connectivity index (χ3v) is 5.59. The second-order valence-corrected chi connectivity index (χ2v) is 6.71. The highest BCUT2D eigenvalue weighted by Crippen LogP contribution is 2.29. The lowest BCUT2D eigenvalue weighted by Crippen LogP contribution is -2.30. The van der Waals surface area contributed by atoms with Gasteiger partial charge >= 0.3 is 0 Å². The molecule has 0 bridgehead atoms. The molecule has 0 aromatic carbocycles. The van der Waals surface area contributed by atoms with E-state index < -0.39 is 10.0 Å². The molecule has 18 heavy (non-hydrogen) atoms. The molecule has 0 amide bonds. The van der Waals surface area contributed by atoms with Crippen molar-refractivity contribution in [2.45, 2.75) is 17.9 Å². The molecule has 1 aliphatic heterocycles. The average Bonchev–Trinajstić information content (AvgIpc) is 2.87. The molecule has 1 fully saturated rings. The lowest BCUT2D eigenvalue weighted by atomic mass is 10.1. The normalized spacial score (nSPS) is 21.6. The van der Waals surface area contributed by atoms with Gasteiger partial charge in [-0.05, 0) is 18.8 Å². The molecule has 2 heterocycles. The van der Waals surface area contributed by atoms with Crippen LogP contribution in [-0.2, 0) is 17.1 Å². The van der Waals surface area contributed by atoms with Crippen molar-refractivity contribution in [2.24, 2.45) is 13.0 Å². The van der Waals surface area contributed by atoms with Gasteiger partial charge in [-0.2, -0.15) is 9.40 Å². The topological polar surface area (TPSA) is 75.4 Å². The van der Waals surface area contributed by atoms with Crippen LogP contribution >= 0.6 is 11.6 Å². The van der Waals surface area contributed by atoms with Crippen molar-refractivity contribution in [2.75, 3.05) is 19.7 Å². The maximum Gasteiger partial charge on any atom is 0.261 e. The molecule has 0 aliphatic carbocycles. The SMILES string of the molecule is Cn1ncc(Cl)c1S(=O)(=O)N1CCC(CCO)C1. The van der Waals surface area contributed by atoms with E-state index in [0.29, 0.717) is 19.5 Å². The first-order chi connectivity index (χ1) is 8.46. The third-order valence-electron chi connectivity index (χ3n) is 3.21. The van der Waals surface area contributed by atoms with Gasteiger partial charge in [-0.3, -0.25) is 4.68 Å². The van der Waals surface area contributed by atoms with Crippen molar-refractivity contribution in [3.8, 4) is 0 Å². The number of hydrogen-bond donors (Lipinski definition) is 1. The largest absolute Gasteiger partial charge is 0.396 e. The number of aliphatic hydroxyl groups is 1. The molecule has 1 N–H and O–H groups in total. The summed E-state index contributed by atoms with van der Waals surface area (Å²) < 4.78 is 27.5. The lowest BCUT2D eigenvalue weighted by Gasteiger charge is -2.16. The van der Waals surface area contributed by atoms with E-state index >= 15 is 0 Å². The molecule has 2 rings (SSSR count). The monoisotopic (exact) mass is 293 g/mol. The minimum atomic E-state index is -3.59. The van der Waals surface area contributed by atoms with Crippen LogP contribution in [0.2, 0.25) is 5.02 Å². The van der Waals surface area contributed by atoms with Gasteiger partial charge in [0.25, 0.3) is 10.0 Å². The predicted octanol–water partition coefficient (Wildman–Crippen LogP) is 0.467. The Morgan fingerprint density at radius 1 is 1.61 bits per heavy atom. The summed E-state index contributed by atoms with van der Waals surface area (Å²) in [6.07, 6.45) is 2.73. The summed E-state index contributed by atoms with van der Waals surface area (Å²) in [6.45, 7) is 0.990. The average molecular weight is 294 g/mol. The molecular formula is C10H16ClN3O3S. The van der Waals surface area contributed by atoms with Gasteiger partial charge in [-0.1, -0.05) is 11.6 Å². The van der Waals surface area contributed by atoms with Crippen LogP contribution in [0, 0.1) is 5.92 Å². The second kappa shape index (κ2) is 5.16. The summed E-state index contributed by atoms with van der Waals surface area (Å²) in [5.41, 5.74) is 0. The molecule has 0 saturated carbocycles. The number of sulfonamides is 1. The third kappa shape index (κ3) is 2.40. The molecule has 8 heteroatoms. The highest BCUT2D eigenvalue weighted by molar-refractivity contribution is 7.89. The molecule has 1 atom stereocenters. The van der Waals surface area contributed by atoms with E-state index in [1.807, 2.05) is 0 Å². The minimum Gasteiger partial charge on any atom is -0.396 e. The van der Waals surface area contributed by atoms with E-state index in [1.54, 1.807) is 7.05 Å². The zero-order valence-corrected chi connectivity index (χ0v) is 11.7. The lowest BCUT2D eigenvalue weighted by molar-refractivity contribution is 0.259. The Morgan fingerprint density at radius 3 is 2.89 bits per heavy atom. The highest BCUT2D eigenvalue weighted by atomic mass is 35.5. The van der Waals surface area contributed by atoms with Gasteiger partial charge in [0.1, 0.15) is 0 Å². The summed E-state index contributed by atoms with van der Waals surface area (Å²) >= 11 is 5.88. The van der Waals surface area contributed by atoms with Crippen LogP contribution in [0.5, 0.6) is 0 Å². The van der Waals surface area contributed by atoms with Crippen molar-refractivity contribution in [1.29, 1.82) is 0 Å². The Hall–Kier alpha value is -0.630. The fourth-order valence-electron chi connectivity index (χ4n) is 2.25. The molecule has 0 radical (unpaired) electrons. The van der Waals surface area contributed by atoms with Crippen molar-refractivity contribution < 1.29 is 13.5 Å². The smallest absolute Gasteiger partial charge is 0.261 e. The zero-order valence-electron chi connectivity index (χ0n) is 10.1. The summed E-state index contributed by atoms with van der Waals surface area (Å²) in [5, 5.41) is 12.9. The van der Waals surface area contributed by atoms with Crippen molar-refractivity contribution in [3.05, 3.63) is 11.2 Å². The molecule has 1 unspecified atom stereocenters. The van der Waals surface area contributed by atoms with Crippen molar-refractivity contribution in [3.63, 3.8) is 0 Å². The van der Waals surface area contributed by atoms with Gasteiger partial charge in [0.05, 0.1) is 11.2 Å². The van der Waals surface area contributed by atoms with Gasteiger partial charge < -0.3 is 5.11 Å². The quantitative estimate of drug-likeness (QED) is 0.875. The van der Waals surface area contributed by atoms with E-state index in [9.17, 15) is 8.42 Å². The first kappa shape index (κ1) is 13.8. The molecule has 6 nitrogen and oxygen atoms in total. The van der Waals surface area contributed by atoms with Crippen LogP contribution in [0.15, 0.2) is 11.2 Å². The van der Waals surface area contributed by atoms with Crippen LogP contribution in [0.3, 0.4) is 0 Å². The van der Waals surface area contributed by atoms with Crippen molar-refractivity contribution in [1.82, 2.24) is 14.1 Å². The fourth-order valence-corrected chi connectivity index (χ4v) is 4.38. The summed E-state index contributed by atoms with van der Waals surface area (Å²) in [7, 11) is -2.03. The standard InChI is InChI=1S/C10H16ClN3O3S/c1-13-10(9(11)6-12-13)18(16,17)14-4-2-8(7-14)3-5-15/h6,8,15H,2-5,7H2,1H3. The van der Waals surface area contributed by atoms with Gasteiger partial charge in [-0.15, -0.1) is 0 Å². The number of aromatic nitrogens is 2. The molecule has 1 aromatic rings. The maximum atomic E-state index is 12.4. The minimum absolute atomic E-state index is 0.0359. The Bertz CT molecular complexity index is 509. The number of rotatable bonds is 4. The van der Waals surface area contributed by atoms with E-state index in [4.69, 9.17) is 16.7 Å². The van der Waals surface area contributed by atoms with Crippen LogP contribution < -0.4 is 0 Å². The fraction of sp³-hybridized carbons (Fsp3) is 0.700. The van der Waals surface area contributed by atoms with Gasteiger partial charge in [0, 0.05) is 26.7 Å². The second-order valence-electron chi connectivity index (χ2n) is 4.45. The number of nitrogens with zero attached hydrogens (tertiary/aromatic N) is 3. The molecule has 0 spiro atoms. The number of halogens is 1. The Kier molecular flexibility index (Phi) is 3.96. The number of aryl methyl sites for hydroxylation is 1.